The number of primary amides is 1. The minimum Gasteiger partial charge on any atom is -0.368 e. The molecule has 1 saturated carbocycles. The van der Waals surface area contributed by atoms with E-state index >= 15 is 0 Å². The first kappa shape index (κ1) is 14.1. The molecule has 0 unspecified atom stereocenters. The normalized spacial score (nSPS) is 19.4. The molecule has 19 heavy (non-hydrogen) atoms. The molecule has 1 aromatic carbocycles. The van der Waals surface area contributed by atoms with Gasteiger partial charge in [-0.1, -0.05) is 62.4 Å². The van der Waals surface area contributed by atoms with Crippen LogP contribution in [0.1, 0.15) is 50.5 Å². The van der Waals surface area contributed by atoms with Crippen LogP contribution in [-0.4, -0.2) is 11.4 Å². The number of nitrogens with two attached hydrogens (primary N) is 1. The number of hydrogen-bond acceptors (Lipinski definition) is 2. The number of hydrogen-bond donors (Lipinski definition) is 2. The van der Waals surface area contributed by atoms with Gasteiger partial charge in [-0.25, -0.2) is 0 Å². The second-order valence-corrected chi connectivity index (χ2v) is 5.55. The summed E-state index contributed by atoms with van der Waals surface area (Å²) in [4.78, 5) is 11.9. The Kier molecular flexibility index (Phi) is 4.97. The van der Waals surface area contributed by atoms with Crippen molar-refractivity contribution < 1.29 is 4.79 Å². The Morgan fingerprint density at radius 3 is 2.21 bits per heavy atom. The predicted octanol–water partition coefficient (Wildman–Crippen LogP) is 2.74. The van der Waals surface area contributed by atoms with E-state index in [9.17, 15) is 4.79 Å². The maximum absolute atomic E-state index is 11.9. The highest BCUT2D eigenvalue weighted by atomic mass is 16.1. The first-order valence-corrected chi connectivity index (χ1v) is 7.32. The third-order valence-electron chi connectivity index (χ3n) is 4.15. The Hall–Kier alpha value is -1.35. The Bertz CT molecular complexity index is 394. The van der Waals surface area contributed by atoms with Crippen LogP contribution in [0.5, 0.6) is 0 Å². The van der Waals surface area contributed by atoms with Gasteiger partial charge in [-0.15, -0.1) is 0 Å². The van der Waals surface area contributed by atoms with E-state index in [1.807, 2.05) is 18.2 Å². The SMILES string of the molecule is NC(=O)C1(NCc2ccccc2)CCCCCCC1. The van der Waals surface area contributed by atoms with Crippen LogP contribution in [0.4, 0.5) is 0 Å². The summed E-state index contributed by atoms with van der Waals surface area (Å²) < 4.78 is 0. The first-order chi connectivity index (χ1) is 9.23. The number of rotatable bonds is 4. The molecule has 0 heterocycles. The summed E-state index contributed by atoms with van der Waals surface area (Å²) in [5, 5.41) is 3.44. The largest absolute Gasteiger partial charge is 0.368 e. The van der Waals surface area contributed by atoms with Gasteiger partial charge in [0.2, 0.25) is 5.91 Å². The lowest BCUT2D eigenvalue weighted by atomic mass is 9.83. The molecule has 0 aliphatic heterocycles. The van der Waals surface area contributed by atoms with Crippen LogP contribution in [-0.2, 0) is 11.3 Å². The minimum absolute atomic E-state index is 0.190. The third kappa shape index (κ3) is 3.80. The van der Waals surface area contributed by atoms with Gasteiger partial charge in [0.05, 0.1) is 5.54 Å². The third-order valence-corrected chi connectivity index (χ3v) is 4.15. The van der Waals surface area contributed by atoms with Gasteiger partial charge in [-0.3, -0.25) is 10.1 Å². The number of carbonyl (C=O) groups is 1. The van der Waals surface area contributed by atoms with Crippen LogP contribution < -0.4 is 11.1 Å². The smallest absolute Gasteiger partial charge is 0.237 e. The van der Waals surface area contributed by atoms with Crippen molar-refractivity contribution in [2.24, 2.45) is 5.73 Å². The number of nitrogens with one attached hydrogen (secondary N) is 1. The molecule has 2 rings (SSSR count). The second kappa shape index (κ2) is 6.71. The predicted molar refractivity (Wildman–Crippen MR) is 77.5 cm³/mol. The minimum atomic E-state index is -0.504. The summed E-state index contributed by atoms with van der Waals surface area (Å²) in [7, 11) is 0. The molecule has 0 aromatic heterocycles. The van der Waals surface area contributed by atoms with Gasteiger partial charge >= 0.3 is 0 Å². The number of benzene rings is 1. The lowest BCUT2D eigenvalue weighted by Gasteiger charge is -2.33. The highest BCUT2D eigenvalue weighted by Gasteiger charge is 2.35. The van der Waals surface area contributed by atoms with Gasteiger partial charge in [-0.05, 0) is 18.4 Å². The van der Waals surface area contributed by atoms with E-state index in [1.165, 1.54) is 24.8 Å². The van der Waals surface area contributed by atoms with E-state index < -0.39 is 5.54 Å². The average Bonchev–Trinajstić information content (AvgIpc) is 2.39. The van der Waals surface area contributed by atoms with E-state index in [1.54, 1.807) is 0 Å². The topological polar surface area (TPSA) is 55.1 Å². The van der Waals surface area contributed by atoms with Crippen LogP contribution in [0.3, 0.4) is 0 Å². The standard InChI is InChI=1S/C16H24N2O/c17-15(19)16(11-7-2-1-3-8-12-16)18-13-14-9-5-4-6-10-14/h4-6,9-10,18H,1-3,7-8,11-13H2,(H2,17,19). The Morgan fingerprint density at radius 2 is 1.63 bits per heavy atom. The fourth-order valence-electron chi connectivity index (χ4n) is 2.89. The second-order valence-electron chi connectivity index (χ2n) is 5.55. The van der Waals surface area contributed by atoms with E-state index in [0.717, 1.165) is 25.7 Å². The average molecular weight is 260 g/mol. The molecule has 1 aliphatic rings. The lowest BCUT2D eigenvalue weighted by Crippen LogP contribution is -2.55. The van der Waals surface area contributed by atoms with Gasteiger partial charge in [0.1, 0.15) is 0 Å². The Labute approximate surface area is 115 Å². The van der Waals surface area contributed by atoms with Crippen molar-refractivity contribution in [1.29, 1.82) is 0 Å². The molecule has 3 heteroatoms. The molecule has 0 bridgehead atoms. The van der Waals surface area contributed by atoms with Gasteiger partial charge in [0.15, 0.2) is 0 Å². The molecule has 1 aliphatic carbocycles. The first-order valence-electron chi connectivity index (χ1n) is 7.32. The van der Waals surface area contributed by atoms with Crippen molar-refractivity contribution in [1.82, 2.24) is 5.32 Å². The van der Waals surface area contributed by atoms with Gasteiger partial charge in [0, 0.05) is 6.54 Å². The quantitative estimate of drug-likeness (QED) is 0.874. The van der Waals surface area contributed by atoms with Crippen LogP contribution >= 0.6 is 0 Å². The summed E-state index contributed by atoms with van der Waals surface area (Å²) in [6, 6.07) is 10.2. The lowest BCUT2D eigenvalue weighted by molar-refractivity contribution is -0.125. The molecule has 3 N–H and O–H groups in total. The summed E-state index contributed by atoms with van der Waals surface area (Å²) in [5.74, 6) is -0.190. The van der Waals surface area contributed by atoms with Crippen molar-refractivity contribution in [3.8, 4) is 0 Å². The fourth-order valence-corrected chi connectivity index (χ4v) is 2.89. The maximum atomic E-state index is 11.9. The molecule has 0 spiro atoms. The van der Waals surface area contributed by atoms with Crippen molar-refractivity contribution in [2.75, 3.05) is 0 Å². The van der Waals surface area contributed by atoms with E-state index in [4.69, 9.17) is 5.73 Å². The molecular weight excluding hydrogens is 236 g/mol. The zero-order valence-electron chi connectivity index (χ0n) is 11.5. The molecule has 1 aromatic rings. The van der Waals surface area contributed by atoms with Gasteiger partial charge in [-0.2, -0.15) is 0 Å². The molecule has 104 valence electrons. The maximum Gasteiger partial charge on any atom is 0.237 e. The number of carbonyl (C=O) groups excluding carboxylic acids is 1. The van der Waals surface area contributed by atoms with Crippen molar-refractivity contribution >= 4 is 5.91 Å². The molecule has 3 nitrogen and oxygen atoms in total. The van der Waals surface area contributed by atoms with E-state index in [0.29, 0.717) is 6.54 Å². The summed E-state index contributed by atoms with van der Waals surface area (Å²) in [6.07, 6.45) is 7.62. The van der Waals surface area contributed by atoms with Crippen molar-refractivity contribution in [2.45, 2.75) is 57.0 Å². The highest BCUT2D eigenvalue weighted by Crippen LogP contribution is 2.26. The van der Waals surface area contributed by atoms with E-state index in [2.05, 4.69) is 17.4 Å². The van der Waals surface area contributed by atoms with E-state index in [-0.39, 0.29) is 5.91 Å². The highest BCUT2D eigenvalue weighted by molar-refractivity contribution is 5.84. The summed E-state index contributed by atoms with van der Waals surface area (Å²) in [6.45, 7) is 0.712. The molecule has 1 amide bonds. The Balaban J connectivity index is 2.03. The van der Waals surface area contributed by atoms with Crippen molar-refractivity contribution in [3.63, 3.8) is 0 Å². The molecule has 0 radical (unpaired) electrons. The zero-order valence-corrected chi connectivity index (χ0v) is 11.5. The molecular formula is C16H24N2O. The molecule has 0 atom stereocenters. The van der Waals surface area contributed by atoms with Crippen molar-refractivity contribution in [3.05, 3.63) is 35.9 Å². The van der Waals surface area contributed by atoms with Crippen LogP contribution in [0.25, 0.3) is 0 Å². The van der Waals surface area contributed by atoms with Crippen LogP contribution in [0, 0.1) is 0 Å². The zero-order chi connectivity index (χ0) is 13.6. The molecule has 1 fully saturated rings. The number of amides is 1. The summed E-state index contributed by atoms with van der Waals surface area (Å²) in [5.41, 5.74) is 6.38. The van der Waals surface area contributed by atoms with Crippen LogP contribution in [0.2, 0.25) is 0 Å². The fraction of sp³-hybridized carbons (Fsp3) is 0.562. The molecule has 0 saturated heterocycles. The van der Waals surface area contributed by atoms with Gasteiger partial charge < -0.3 is 5.73 Å². The Morgan fingerprint density at radius 1 is 1.05 bits per heavy atom. The monoisotopic (exact) mass is 260 g/mol. The van der Waals surface area contributed by atoms with Crippen LogP contribution in [0.15, 0.2) is 30.3 Å². The van der Waals surface area contributed by atoms with Gasteiger partial charge in [0.25, 0.3) is 0 Å². The summed E-state index contributed by atoms with van der Waals surface area (Å²) >= 11 is 0.